The Morgan fingerprint density at radius 3 is 2.62 bits per heavy atom. The zero-order valence-electron chi connectivity index (χ0n) is 6.39. The zero-order valence-corrected chi connectivity index (χ0v) is 6.39. The molecule has 0 aromatic carbocycles. The van der Waals surface area contributed by atoms with E-state index in [1.54, 1.807) is 0 Å². The molecular formula is C6H7F3N4. The molecule has 7 heteroatoms. The minimum Gasteiger partial charge on any atom is -0.307 e. The van der Waals surface area contributed by atoms with E-state index in [2.05, 4.69) is 4.99 Å². The van der Waals surface area contributed by atoms with Gasteiger partial charge in [-0.25, -0.2) is 10.8 Å². The molecule has 13 heavy (non-hydrogen) atoms. The number of allylic oxidation sites excluding steroid dienone is 1. The van der Waals surface area contributed by atoms with Crippen LogP contribution in [0.1, 0.15) is 0 Å². The van der Waals surface area contributed by atoms with Gasteiger partial charge in [0.25, 0.3) is 0 Å². The van der Waals surface area contributed by atoms with Crippen LogP contribution in [0.25, 0.3) is 0 Å². The quantitative estimate of drug-likeness (QED) is 0.388. The Morgan fingerprint density at radius 1 is 1.54 bits per heavy atom. The first-order chi connectivity index (χ1) is 5.96. The van der Waals surface area contributed by atoms with Crippen LogP contribution in [0, 0.1) is 11.3 Å². The van der Waals surface area contributed by atoms with Gasteiger partial charge in [0, 0.05) is 6.20 Å². The summed E-state index contributed by atoms with van der Waals surface area (Å²) in [5.41, 5.74) is 1.26. The van der Waals surface area contributed by atoms with Crippen molar-refractivity contribution in [2.45, 2.75) is 6.18 Å². The molecule has 1 rings (SSSR count). The summed E-state index contributed by atoms with van der Waals surface area (Å²) in [6.07, 6.45) is -2.68. The van der Waals surface area contributed by atoms with E-state index in [4.69, 9.17) is 11.3 Å². The van der Waals surface area contributed by atoms with Crippen LogP contribution in [0.2, 0.25) is 0 Å². The summed E-state index contributed by atoms with van der Waals surface area (Å²) in [5, 5.41) is 7.11. The zero-order chi connectivity index (χ0) is 10.1. The molecule has 72 valence electrons. The lowest BCUT2D eigenvalue weighted by Crippen LogP contribution is -2.44. The third-order valence-electron chi connectivity index (χ3n) is 1.54. The van der Waals surface area contributed by atoms with Crippen molar-refractivity contribution in [2.75, 3.05) is 0 Å². The average molecular weight is 192 g/mol. The second-order valence-electron chi connectivity index (χ2n) is 2.40. The van der Waals surface area contributed by atoms with Gasteiger partial charge in [-0.1, -0.05) is 0 Å². The molecule has 1 aliphatic heterocycles. The second kappa shape index (κ2) is 3.17. The van der Waals surface area contributed by atoms with E-state index in [1.165, 1.54) is 0 Å². The highest BCUT2D eigenvalue weighted by atomic mass is 19.4. The van der Waals surface area contributed by atoms with E-state index in [9.17, 15) is 13.2 Å². The first-order valence-corrected chi connectivity index (χ1v) is 3.33. The Hall–Kier alpha value is -1.37. The first kappa shape index (κ1) is 9.72. The van der Waals surface area contributed by atoms with Crippen molar-refractivity contribution in [2.24, 2.45) is 16.8 Å². The third kappa shape index (κ3) is 1.86. The molecule has 1 unspecified atom stereocenters. The molecule has 4 N–H and O–H groups in total. The Bertz CT molecular complexity index is 278. The van der Waals surface area contributed by atoms with E-state index in [0.29, 0.717) is 0 Å². The summed E-state index contributed by atoms with van der Waals surface area (Å²) < 4.78 is 36.6. The molecule has 1 aliphatic rings. The number of hydrogen-bond acceptors (Lipinski definition) is 4. The van der Waals surface area contributed by atoms with E-state index >= 15 is 0 Å². The predicted molar refractivity (Wildman–Crippen MR) is 41.2 cm³/mol. The van der Waals surface area contributed by atoms with Crippen LogP contribution in [0.15, 0.2) is 17.3 Å². The lowest BCUT2D eigenvalue weighted by atomic mass is 10.0. The van der Waals surface area contributed by atoms with Crippen LogP contribution < -0.4 is 11.3 Å². The number of aliphatic imine (C=N–C) groups is 1. The summed E-state index contributed by atoms with van der Waals surface area (Å²) in [5.74, 6) is 2.70. The molecule has 0 aromatic heterocycles. The number of nitrogens with zero attached hydrogens (tertiary/aromatic N) is 1. The monoisotopic (exact) mass is 192 g/mol. The Labute approximate surface area is 71.8 Å². The number of alkyl halides is 3. The largest absolute Gasteiger partial charge is 0.400 e. The van der Waals surface area contributed by atoms with Gasteiger partial charge in [-0.2, -0.15) is 13.2 Å². The van der Waals surface area contributed by atoms with Gasteiger partial charge < -0.3 is 10.8 Å². The molecule has 1 heterocycles. The fourth-order valence-corrected chi connectivity index (χ4v) is 0.904. The summed E-state index contributed by atoms with van der Waals surface area (Å²) in [4.78, 5) is 3.47. The number of rotatable bonds is 0. The molecule has 0 aliphatic carbocycles. The summed E-state index contributed by atoms with van der Waals surface area (Å²) in [6, 6.07) is 0. The maximum Gasteiger partial charge on any atom is 0.400 e. The Kier molecular flexibility index (Phi) is 2.37. The number of amidine groups is 1. The molecule has 0 bridgehead atoms. The molecule has 0 saturated heterocycles. The van der Waals surface area contributed by atoms with Crippen molar-refractivity contribution in [3.8, 4) is 0 Å². The van der Waals surface area contributed by atoms with E-state index in [1.807, 2.05) is 5.43 Å². The Morgan fingerprint density at radius 2 is 2.15 bits per heavy atom. The average Bonchev–Trinajstić information content (AvgIpc) is 2.02. The van der Waals surface area contributed by atoms with Gasteiger partial charge in [0.1, 0.15) is 5.92 Å². The van der Waals surface area contributed by atoms with Crippen LogP contribution in [0.3, 0.4) is 0 Å². The minimum atomic E-state index is -4.47. The second-order valence-corrected chi connectivity index (χ2v) is 2.40. The molecule has 4 nitrogen and oxygen atoms in total. The van der Waals surface area contributed by atoms with Gasteiger partial charge in [0.2, 0.25) is 0 Å². The smallest absolute Gasteiger partial charge is 0.307 e. The number of halogens is 3. The third-order valence-corrected chi connectivity index (χ3v) is 1.54. The van der Waals surface area contributed by atoms with Crippen molar-refractivity contribution >= 4 is 11.5 Å². The lowest BCUT2D eigenvalue weighted by molar-refractivity contribution is -0.143. The van der Waals surface area contributed by atoms with Crippen molar-refractivity contribution in [3.05, 3.63) is 12.3 Å². The summed E-state index contributed by atoms with van der Waals surface area (Å²) in [7, 11) is 0. The van der Waals surface area contributed by atoms with Gasteiger partial charge in [0.05, 0.1) is 5.71 Å². The van der Waals surface area contributed by atoms with Crippen molar-refractivity contribution < 1.29 is 13.2 Å². The van der Waals surface area contributed by atoms with Gasteiger partial charge in [-0.15, -0.1) is 0 Å². The first-order valence-electron chi connectivity index (χ1n) is 3.33. The van der Waals surface area contributed by atoms with Crippen LogP contribution in [-0.2, 0) is 0 Å². The highest BCUT2D eigenvalue weighted by molar-refractivity contribution is 6.41. The molecule has 0 spiro atoms. The molecule has 0 amide bonds. The van der Waals surface area contributed by atoms with Crippen LogP contribution >= 0.6 is 0 Å². The highest BCUT2D eigenvalue weighted by Crippen LogP contribution is 2.29. The summed E-state index contributed by atoms with van der Waals surface area (Å²) in [6.45, 7) is 0. The standard InChI is InChI=1S/C6H7F3N4/c7-6(8,9)3-1-2-12-5(13-11)4(3)10/h1-3,10H,11H2,(H,12,13). The molecular weight excluding hydrogens is 185 g/mol. The molecule has 0 saturated carbocycles. The molecule has 1 atom stereocenters. The van der Waals surface area contributed by atoms with Crippen molar-refractivity contribution in [3.63, 3.8) is 0 Å². The maximum atomic E-state index is 12.2. The predicted octanol–water partition coefficient (Wildman–Crippen LogP) is 0.574. The molecule has 0 fully saturated rings. The normalized spacial score (nSPS) is 22.9. The van der Waals surface area contributed by atoms with Crippen LogP contribution in [0.4, 0.5) is 13.2 Å². The van der Waals surface area contributed by atoms with E-state index < -0.39 is 17.8 Å². The SMILES string of the molecule is N=C1C(NN)=NC=CC1C(F)(F)F. The molecule has 0 radical (unpaired) electrons. The lowest BCUT2D eigenvalue weighted by Gasteiger charge is -2.20. The number of hydrazine groups is 1. The van der Waals surface area contributed by atoms with Gasteiger partial charge in [-0.3, -0.25) is 0 Å². The van der Waals surface area contributed by atoms with Gasteiger partial charge in [0.15, 0.2) is 5.84 Å². The number of nitrogens with two attached hydrogens (primary N) is 1. The Balaban J connectivity index is 2.91. The maximum absolute atomic E-state index is 12.2. The summed E-state index contributed by atoms with van der Waals surface area (Å²) >= 11 is 0. The van der Waals surface area contributed by atoms with Crippen LogP contribution in [0.5, 0.6) is 0 Å². The fourth-order valence-electron chi connectivity index (χ4n) is 0.904. The molecule has 0 aromatic rings. The topological polar surface area (TPSA) is 74.3 Å². The van der Waals surface area contributed by atoms with Crippen molar-refractivity contribution in [1.82, 2.24) is 5.43 Å². The van der Waals surface area contributed by atoms with E-state index in [-0.39, 0.29) is 5.84 Å². The minimum absolute atomic E-state index is 0.259. The van der Waals surface area contributed by atoms with Gasteiger partial charge in [-0.05, 0) is 6.08 Å². The van der Waals surface area contributed by atoms with Crippen molar-refractivity contribution in [1.29, 1.82) is 5.41 Å². The number of nitrogens with one attached hydrogen (secondary N) is 2. The van der Waals surface area contributed by atoms with E-state index in [0.717, 1.165) is 12.3 Å². The van der Waals surface area contributed by atoms with Gasteiger partial charge >= 0.3 is 6.18 Å². The number of hydrogen-bond donors (Lipinski definition) is 3. The highest BCUT2D eigenvalue weighted by Gasteiger charge is 2.43. The fraction of sp³-hybridized carbons (Fsp3) is 0.333. The van der Waals surface area contributed by atoms with Crippen LogP contribution in [-0.4, -0.2) is 17.7 Å².